The molecule has 16 heavy (non-hydrogen) atoms. The van der Waals surface area contributed by atoms with Crippen LogP contribution in [0.5, 0.6) is 0 Å². The summed E-state index contributed by atoms with van der Waals surface area (Å²) in [4.78, 5) is 18.0. The Morgan fingerprint density at radius 2 is 2.31 bits per heavy atom. The number of nitrogens with zero attached hydrogens (tertiary/aromatic N) is 2. The molecule has 0 saturated carbocycles. The molecule has 1 aromatic heterocycles. The SMILES string of the molecule is CC1(C)NCCN(c2cc(N)ccn2)C1=O. The highest BCUT2D eigenvalue weighted by Crippen LogP contribution is 2.20. The molecule has 5 heteroatoms. The van der Waals surface area contributed by atoms with Crippen molar-refractivity contribution >= 4 is 17.4 Å². The molecule has 0 atom stereocenters. The van der Waals surface area contributed by atoms with Gasteiger partial charge in [0.25, 0.3) is 0 Å². The first-order valence-electron chi connectivity index (χ1n) is 5.29. The fourth-order valence-electron chi connectivity index (χ4n) is 1.80. The Labute approximate surface area is 94.6 Å². The van der Waals surface area contributed by atoms with Gasteiger partial charge in [0.2, 0.25) is 5.91 Å². The van der Waals surface area contributed by atoms with E-state index in [9.17, 15) is 4.79 Å². The topological polar surface area (TPSA) is 71.2 Å². The van der Waals surface area contributed by atoms with Crippen LogP contribution in [0.3, 0.4) is 0 Å². The summed E-state index contributed by atoms with van der Waals surface area (Å²) in [5, 5.41) is 3.17. The molecule has 1 saturated heterocycles. The third-order valence-electron chi connectivity index (χ3n) is 2.73. The minimum Gasteiger partial charge on any atom is -0.399 e. The molecule has 0 aliphatic carbocycles. The normalized spacial score (nSPS) is 19.9. The fraction of sp³-hybridized carbons (Fsp3) is 0.455. The number of hydrogen-bond acceptors (Lipinski definition) is 4. The molecule has 0 spiro atoms. The van der Waals surface area contributed by atoms with E-state index in [2.05, 4.69) is 10.3 Å². The van der Waals surface area contributed by atoms with Crippen LogP contribution in [0.15, 0.2) is 18.3 Å². The van der Waals surface area contributed by atoms with Crippen LogP contribution in [0, 0.1) is 0 Å². The van der Waals surface area contributed by atoms with E-state index in [1.165, 1.54) is 0 Å². The van der Waals surface area contributed by atoms with Crippen LogP contribution in [0.2, 0.25) is 0 Å². The second kappa shape index (κ2) is 3.75. The van der Waals surface area contributed by atoms with Crippen molar-refractivity contribution in [3.05, 3.63) is 18.3 Å². The van der Waals surface area contributed by atoms with E-state index in [-0.39, 0.29) is 5.91 Å². The van der Waals surface area contributed by atoms with Crippen molar-refractivity contribution in [1.29, 1.82) is 0 Å². The third kappa shape index (κ3) is 1.86. The summed E-state index contributed by atoms with van der Waals surface area (Å²) < 4.78 is 0. The molecule has 86 valence electrons. The number of piperazine rings is 1. The number of hydrogen-bond donors (Lipinski definition) is 2. The predicted molar refractivity (Wildman–Crippen MR) is 63.1 cm³/mol. The molecule has 1 aliphatic rings. The molecule has 2 heterocycles. The van der Waals surface area contributed by atoms with E-state index in [0.717, 1.165) is 6.54 Å². The summed E-state index contributed by atoms with van der Waals surface area (Å²) in [6.07, 6.45) is 1.62. The Kier molecular flexibility index (Phi) is 2.55. The van der Waals surface area contributed by atoms with E-state index in [0.29, 0.717) is 18.1 Å². The smallest absolute Gasteiger partial charge is 0.247 e. The zero-order valence-corrected chi connectivity index (χ0v) is 9.53. The first kappa shape index (κ1) is 10.9. The summed E-state index contributed by atoms with van der Waals surface area (Å²) >= 11 is 0. The Morgan fingerprint density at radius 1 is 1.56 bits per heavy atom. The number of nitrogens with two attached hydrogens (primary N) is 1. The van der Waals surface area contributed by atoms with Crippen molar-refractivity contribution in [2.45, 2.75) is 19.4 Å². The van der Waals surface area contributed by atoms with Gasteiger partial charge in [-0.25, -0.2) is 4.98 Å². The lowest BCUT2D eigenvalue weighted by Crippen LogP contribution is -2.61. The van der Waals surface area contributed by atoms with Crippen molar-refractivity contribution in [3.8, 4) is 0 Å². The number of rotatable bonds is 1. The summed E-state index contributed by atoms with van der Waals surface area (Å²) in [6.45, 7) is 5.12. The van der Waals surface area contributed by atoms with Crippen LogP contribution >= 0.6 is 0 Å². The number of nitrogens with one attached hydrogen (secondary N) is 1. The molecule has 5 nitrogen and oxygen atoms in total. The van der Waals surface area contributed by atoms with E-state index in [1.807, 2.05) is 13.8 Å². The number of anilines is 2. The maximum Gasteiger partial charge on any atom is 0.247 e. The molecular weight excluding hydrogens is 204 g/mol. The van der Waals surface area contributed by atoms with Gasteiger partial charge in [-0.3, -0.25) is 9.69 Å². The third-order valence-corrected chi connectivity index (χ3v) is 2.73. The van der Waals surface area contributed by atoms with Crippen LogP contribution in [0.4, 0.5) is 11.5 Å². The Bertz CT molecular complexity index is 416. The first-order chi connectivity index (χ1) is 7.50. The fourth-order valence-corrected chi connectivity index (χ4v) is 1.80. The maximum atomic E-state index is 12.1. The molecule has 2 rings (SSSR count). The summed E-state index contributed by atoms with van der Waals surface area (Å²) in [5.41, 5.74) is 5.77. The standard InChI is InChI=1S/C11H16N4O/c1-11(2)10(16)15(6-5-14-11)9-7-8(12)3-4-13-9/h3-4,7,14H,5-6H2,1-2H3,(H2,12,13). The quantitative estimate of drug-likeness (QED) is 0.717. The van der Waals surface area contributed by atoms with Crippen molar-refractivity contribution in [2.75, 3.05) is 23.7 Å². The van der Waals surface area contributed by atoms with Gasteiger partial charge in [0.1, 0.15) is 5.82 Å². The summed E-state index contributed by atoms with van der Waals surface area (Å²) in [5.74, 6) is 0.649. The molecule has 1 amide bonds. The Balaban J connectivity index is 2.31. The molecule has 0 radical (unpaired) electrons. The molecule has 1 fully saturated rings. The van der Waals surface area contributed by atoms with E-state index in [1.54, 1.807) is 23.2 Å². The second-order valence-corrected chi connectivity index (χ2v) is 4.46. The van der Waals surface area contributed by atoms with Gasteiger partial charge >= 0.3 is 0 Å². The number of amides is 1. The molecule has 0 bridgehead atoms. The maximum absolute atomic E-state index is 12.1. The van der Waals surface area contributed by atoms with Crippen LogP contribution in [-0.4, -0.2) is 29.5 Å². The van der Waals surface area contributed by atoms with Gasteiger partial charge in [-0.15, -0.1) is 0 Å². The van der Waals surface area contributed by atoms with Crippen LogP contribution in [0.25, 0.3) is 0 Å². The monoisotopic (exact) mass is 220 g/mol. The van der Waals surface area contributed by atoms with Crippen molar-refractivity contribution in [1.82, 2.24) is 10.3 Å². The average Bonchev–Trinajstić information content (AvgIpc) is 2.22. The van der Waals surface area contributed by atoms with Gasteiger partial charge in [0, 0.05) is 31.0 Å². The van der Waals surface area contributed by atoms with Gasteiger partial charge < -0.3 is 11.1 Å². The first-order valence-corrected chi connectivity index (χ1v) is 5.29. The number of aromatic nitrogens is 1. The number of carbonyl (C=O) groups excluding carboxylic acids is 1. The minimum atomic E-state index is -0.537. The largest absolute Gasteiger partial charge is 0.399 e. The predicted octanol–water partition coefficient (Wildman–Crippen LogP) is 0.379. The van der Waals surface area contributed by atoms with Gasteiger partial charge in [-0.05, 0) is 19.9 Å². The highest BCUT2D eigenvalue weighted by atomic mass is 16.2. The van der Waals surface area contributed by atoms with Crippen molar-refractivity contribution in [3.63, 3.8) is 0 Å². The summed E-state index contributed by atoms with van der Waals surface area (Å²) in [7, 11) is 0. The highest BCUT2D eigenvalue weighted by Gasteiger charge is 2.36. The second-order valence-electron chi connectivity index (χ2n) is 4.46. The van der Waals surface area contributed by atoms with E-state index in [4.69, 9.17) is 5.73 Å². The van der Waals surface area contributed by atoms with E-state index >= 15 is 0 Å². The minimum absolute atomic E-state index is 0.0249. The van der Waals surface area contributed by atoms with Crippen LogP contribution in [-0.2, 0) is 4.79 Å². The van der Waals surface area contributed by atoms with Crippen LogP contribution < -0.4 is 16.0 Å². The van der Waals surface area contributed by atoms with Gasteiger partial charge in [0.05, 0.1) is 5.54 Å². The Morgan fingerprint density at radius 3 is 3.00 bits per heavy atom. The number of carbonyl (C=O) groups is 1. The molecule has 1 aliphatic heterocycles. The molecule has 1 aromatic rings. The number of pyridine rings is 1. The lowest BCUT2D eigenvalue weighted by atomic mass is 10.0. The lowest BCUT2D eigenvalue weighted by molar-refractivity contribution is -0.125. The Hall–Kier alpha value is -1.62. The van der Waals surface area contributed by atoms with E-state index < -0.39 is 5.54 Å². The lowest BCUT2D eigenvalue weighted by Gasteiger charge is -2.37. The molecule has 3 N–H and O–H groups in total. The zero-order chi connectivity index (χ0) is 11.8. The average molecular weight is 220 g/mol. The molecule has 0 unspecified atom stereocenters. The highest BCUT2D eigenvalue weighted by molar-refractivity contribution is 6.00. The zero-order valence-electron chi connectivity index (χ0n) is 9.53. The van der Waals surface area contributed by atoms with Gasteiger partial charge in [0.15, 0.2) is 0 Å². The van der Waals surface area contributed by atoms with Crippen molar-refractivity contribution in [2.24, 2.45) is 0 Å². The van der Waals surface area contributed by atoms with Gasteiger partial charge in [-0.2, -0.15) is 0 Å². The molecule has 0 aromatic carbocycles. The van der Waals surface area contributed by atoms with Crippen LogP contribution in [0.1, 0.15) is 13.8 Å². The van der Waals surface area contributed by atoms with Gasteiger partial charge in [-0.1, -0.05) is 0 Å². The number of nitrogen functional groups attached to an aromatic ring is 1. The van der Waals surface area contributed by atoms with Crippen molar-refractivity contribution < 1.29 is 4.79 Å². The summed E-state index contributed by atoms with van der Waals surface area (Å²) in [6, 6.07) is 3.43. The molecular formula is C11H16N4O.